The minimum Gasteiger partial charge on any atom is -0.497 e. The normalized spacial score (nSPS) is 10.2. The molecule has 6 nitrogen and oxygen atoms in total. The van der Waals surface area contributed by atoms with Crippen molar-refractivity contribution in [2.75, 3.05) is 20.0 Å². The van der Waals surface area contributed by atoms with Crippen molar-refractivity contribution in [3.05, 3.63) is 30.1 Å². The molecule has 6 heteroatoms. The Hall–Kier alpha value is -2.24. The van der Waals surface area contributed by atoms with Crippen LogP contribution >= 0.6 is 0 Å². The van der Waals surface area contributed by atoms with Gasteiger partial charge in [-0.05, 0) is 18.2 Å². The van der Waals surface area contributed by atoms with E-state index in [-0.39, 0.29) is 5.95 Å². The lowest BCUT2D eigenvalue weighted by Gasteiger charge is -2.10. The quantitative estimate of drug-likeness (QED) is 0.851. The van der Waals surface area contributed by atoms with E-state index >= 15 is 0 Å². The molecule has 2 rings (SSSR count). The van der Waals surface area contributed by atoms with Crippen LogP contribution < -0.4 is 15.2 Å². The van der Waals surface area contributed by atoms with Gasteiger partial charge in [0.1, 0.15) is 17.8 Å². The van der Waals surface area contributed by atoms with Crippen LogP contribution in [0.2, 0.25) is 0 Å². The van der Waals surface area contributed by atoms with Crippen LogP contribution in [0, 0.1) is 0 Å². The van der Waals surface area contributed by atoms with Crippen LogP contribution in [-0.4, -0.2) is 29.0 Å². The third kappa shape index (κ3) is 2.47. The van der Waals surface area contributed by atoms with Gasteiger partial charge in [-0.15, -0.1) is 5.10 Å². The maximum Gasteiger partial charge on any atom is 0.239 e. The third-order valence-corrected chi connectivity index (χ3v) is 2.37. The average molecular weight is 234 g/mol. The van der Waals surface area contributed by atoms with Gasteiger partial charge in [0, 0.05) is 5.56 Å². The van der Waals surface area contributed by atoms with Gasteiger partial charge >= 0.3 is 0 Å². The van der Waals surface area contributed by atoms with E-state index in [9.17, 15) is 0 Å². The Kier molecular flexibility index (Phi) is 3.13. The zero-order chi connectivity index (χ0) is 12.3. The number of aromatic nitrogens is 3. The highest BCUT2D eigenvalue weighted by Crippen LogP contribution is 2.24. The van der Waals surface area contributed by atoms with E-state index in [0.717, 1.165) is 17.1 Å². The highest BCUT2D eigenvalue weighted by molar-refractivity contribution is 5.40. The lowest BCUT2D eigenvalue weighted by atomic mass is 10.2. The van der Waals surface area contributed by atoms with Crippen molar-refractivity contribution >= 4 is 5.95 Å². The van der Waals surface area contributed by atoms with E-state index in [1.807, 2.05) is 18.2 Å². The molecule has 2 N–H and O–H groups in total. The van der Waals surface area contributed by atoms with Gasteiger partial charge in [-0.25, -0.2) is 9.67 Å². The second kappa shape index (κ2) is 4.73. The maximum absolute atomic E-state index is 5.46. The fraction of sp³-hybridized carbons (Fsp3) is 0.273. The van der Waals surface area contributed by atoms with Crippen LogP contribution in [0.25, 0.3) is 0 Å². The number of nitrogens with two attached hydrogens (primary N) is 1. The summed E-state index contributed by atoms with van der Waals surface area (Å²) >= 11 is 0. The molecule has 0 aliphatic carbocycles. The molecule has 90 valence electrons. The topological polar surface area (TPSA) is 75.2 Å². The first kappa shape index (κ1) is 11.3. The van der Waals surface area contributed by atoms with Crippen molar-refractivity contribution in [2.24, 2.45) is 0 Å². The Balaban J connectivity index is 2.29. The molecule has 0 saturated heterocycles. The smallest absolute Gasteiger partial charge is 0.239 e. The summed E-state index contributed by atoms with van der Waals surface area (Å²) in [6.45, 7) is 0.532. The van der Waals surface area contributed by atoms with Gasteiger partial charge in [-0.3, -0.25) is 0 Å². The summed E-state index contributed by atoms with van der Waals surface area (Å²) in [6.07, 6.45) is 1.58. The largest absolute Gasteiger partial charge is 0.497 e. The average Bonchev–Trinajstić information content (AvgIpc) is 2.74. The van der Waals surface area contributed by atoms with Crippen molar-refractivity contribution in [1.29, 1.82) is 0 Å². The van der Waals surface area contributed by atoms with Gasteiger partial charge in [-0.2, -0.15) is 0 Å². The Morgan fingerprint density at radius 2 is 2.12 bits per heavy atom. The lowest BCUT2D eigenvalue weighted by Crippen LogP contribution is -2.03. The Bertz CT molecular complexity index is 510. The third-order valence-electron chi connectivity index (χ3n) is 2.37. The number of nitrogens with zero attached hydrogens (tertiary/aromatic N) is 3. The number of benzene rings is 1. The summed E-state index contributed by atoms with van der Waals surface area (Å²) in [5, 5.41) is 4.02. The summed E-state index contributed by atoms with van der Waals surface area (Å²) < 4.78 is 12.1. The second-order valence-corrected chi connectivity index (χ2v) is 3.48. The number of hydrogen-bond donors (Lipinski definition) is 1. The number of hydrogen-bond acceptors (Lipinski definition) is 5. The molecular formula is C11H14N4O2. The number of methoxy groups -OCH3 is 2. The lowest BCUT2D eigenvalue weighted by molar-refractivity contribution is 0.397. The Morgan fingerprint density at radius 3 is 2.71 bits per heavy atom. The van der Waals surface area contributed by atoms with E-state index in [1.54, 1.807) is 25.2 Å². The van der Waals surface area contributed by atoms with Crippen LogP contribution in [-0.2, 0) is 6.54 Å². The van der Waals surface area contributed by atoms with E-state index in [4.69, 9.17) is 15.2 Å². The molecule has 0 radical (unpaired) electrons. The number of rotatable bonds is 4. The van der Waals surface area contributed by atoms with Crippen molar-refractivity contribution in [2.45, 2.75) is 6.54 Å². The molecule has 17 heavy (non-hydrogen) atoms. The van der Waals surface area contributed by atoms with E-state index in [1.165, 1.54) is 0 Å². The second-order valence-electron chi connectivity index (χ2n) is 3.48. The summed E-state index contributed by atoms with van der Waals surface area (Å²) in [5.41, 5.74) is 6.42. The zero-order valence-corrected chi connectivity index (χ0v) is 9.75. The number of ether oxygens (including phenoxy) is 2. The monoisotopic (exact) mass is 234 g/mol. The summed E-state index contributed by atoms with van der Waals surface area (Å²) in [7, 11) is 3.25. The molecule has 0 bridgehead atoms. The van der Waals surface area contributed by atoms with Gasteiger partial charge in [0.25, 0.3) is 0 Å². The first-order chi connectivity index (χ1) is 8.22. The van der Waals surface area contributed by atoms with Crippen molar-refractivity contribution < 1.29 is 9.47 Å². The van der Waals surface area contributed by atoms with E-state index < -0.39 is 0 Å². The van der Waals surface area contributed by atoms with Crippen molar-refractivity contribution in [3.8, 4) is 11.5 Å². The van der Waals surface area contributed by atoms with Gasteiger partial charge in [0.2, 0.25) is 5.95 Å². The molecule has 1 aromatic carbocycles. The molecule has 0 atom stereocenters. The number of anilines is 1. The Morgan fingerprint density at radius 1 is 1.29 bits per heavy atom. The fourth-order valence-electron chi connectivity index (χ4n) is 1.57. The first-order valence-corrected chi connectivity index (χ1v) is 5.08. The molecule has 1 heterocycles. The minimum absolute atomic E-state index is 0.256. The SMILES string of the molecule is COc1ccc(OC)c(Cn2cnc(N)n2)c1. The number of nitrogen functional groups attached to an aromatic ring is 1. The highest BCUT2D eigenvalue weighted by atomic mass is 16.5. The summed E-state index contributed by atoms with van der Waals surface area (Å²) in [5.74, 6) is 1.81. The fourth-order valence-corrected chi connectivity index (χ4v) is 1.57. The first-order valence-electron chi connectivity index (χ1n) is 5.08. The molecule has 0 amide bonds. The van der Waals surface area contributed by atoms with Gasteiger partial charge in [0.15, 0.2) is 0 Å². The molecule has 0 spiro atoms. The molecular weight excluding hydrogens is 220 g/mol. The predicted molar refractivity (Wildman–Crippen MR) is 63.1 cm³/mol. The maximum atomic E-state index is 5.46. The van der Waals surface area contributed by atoms with Crippen LogP contribution in [0.15, 0.2) is 24.5 Å². The standard InChI is InChI=1S/C11H14N4O2/c1-16-9-3-4-10(17-2)8(5-9)6-15-7-13-11(12)14-15/h3-5,7H,6H2,1-2H3,(H2,12,14). The molecule has 0 aliphatic rings. The van der Waals surface area contributed by atoms with E-state index in [2.05, 4.69) is 10.1 Å². The molecule has 1 aromatic heterocycles. The highest BCUT2D eigenvalue weighted by Gasteiger charge is 2.06. The van der Waals surface area contributed by atoms with Crippen LogP contribution in [0.1, 0.15) is 5.56 Å². The Labute approximate surface area is 99.0 Å². The van der Waals surface area contributed by atoms with Gasteiger partial charge in [0.05, 0.1) is 20.8 Å². The summed E-state index contributed by atoms with van der Waals surface area (Å²) in [4.78, 5) is 3.87. The minimum atomic E-state index is 0.256. The molecule has 0 saturated carbocycles. The summed E-state index contributed by atoms with van der Waals surface area (Å²) in [6, 6.07) is 5.60. The van der Waals surface area contributed by atoms with Crippen LogP contribution in [0.4, 0.5) is 5.95 Å². The van der Waals surface area contributed by atoms with Gasteiger partial charge < -0.3 is 15.2 Å². The van der Waals surface area contributed by atoms with Crippen LogP contribution in [0.3, 0.4) is 0 Å². The van der Waals surface area contributed by atoms with Crippen molar-refractivity contribution in [3.63, 3.8) is 0 Å². The van der Waals surface area contributed by atoms with Gasteiger partial charge in [-0.1, -0.05) is 0 Å². The molecule has 2 aromatic rings. The molecule has 0 aliphatic heterocycles. The van der Waals surface area contributed by atoms with Crippen LogP contribution in [0.5, 0.6) is 11.5 Å². The zero-order valence-electron chi connectivity index (χ0n) is 9.75. The molecule has 0 unspecified atom stereocenters. The predicted octanol–water partition coefficient (Wildman–Crippen LogP) is 0.926. The van der Waals surface area contributed by atoms with E-state index in [0.29, 0.717) is 6.54 Å². The molecule has 0 fully saturated rings. The van der Waals surface area contributed by atoms with Crippen molar-refractivity contribution in [1.82, 2.24) is 14.8 Å².